The van der Waals surface area contributed by atoms with Gasteiger partial charge in [-0.1, -0.05) is 0 Å². The van der Waals surface area contributed by atoms with Crippen molar-refractivity contribution in [3.63, 3.8) is 0 Å². The molecule has 2 rings (SSSR count). The molecule has 13 heavy (non-hydrogen) atoms. The van der Waals surface area contributed by atoms with Crippen LogP contribution in [0.4, 0.5) is 0 Å². The van der Waals surface area contributed by atoms with Gasteiger partial charge in [0, 0.05) is 24.8 Å². The topological polar surface area (TPSA) is 51.6 Å². The lowest BCUT2D eigenvalue weighted by atomic mass is 10.3. The maximum atomic E-state index is 4.16. The Morgan fingerprint density at radius 1 is 0.923 bits per heavy atom. The van der Waals surface area contributed by atoms with E-state index in [0.29, 0.717) is 5.82 Å². The zero-order valence-electron chi connectivity index (χ0n) is 7.18. The number of aromatic nitrogens is 4. The Balaban J connectivity index is 2.42. The molecule has 2 heterocycles. The van der Waals surface area contributed by atoms with Crippen molar-refractivity contribution in [1.29, 1.82) is 0 Å². The van der Waals surface area contributed by atoms with Gasteiger partial charge in [-0.15, -0.1) is 0 Å². The predicted molar refractivity (Wildman–Crippen MR) is 47.8 cm³/mol. The summed E-state index contributed by atoms with van der Waals surface area (Å²) < 4.78 is 0. The summed E-state index contributed by atoms with van der Waals surface area (Å²) in [4.78, 5) is 16.1. The van der Waals surface area contributed by atoms with E-state index >= 15 is 0 Å². The fourth-order valence-electron chi connectivity index (χ4n) is 0.956. The summed E-state index contributed by atoms with van der Waals surface area (Å²) in [7, 11) is 0. The zero-order chi connectivity index (χ0) is 9.10. The largest absolute Gasteiger partial charge is 0.244 e. The highest BCUT2D eigenvalue weighted by Crippen LogP contribution is 2.09. The molecule has 0 saturated carbocycles. The molecule has 0 spiro atoms. The Labute approximate surface area is 75.7 Å². The summed E-state index contributed by atoms with van der Waals surface area (Å²) in [6, 6.07) is 0. The lowest BCUT2D eigenvalue weighted by Crippen LogP contribution is -1.90. The Morgan fingerprint density at radius 3 is 2.15 bits per heavy atom. The number of nitrogens with zero attached hydrogens (tertiary/aromatic N) is 4. The van der Waals surface area contributed by atoms with Gasteiger partial charge in [0.25, 0.3) is 0 Å². The molecule has 0 atom stereocenters. The van der Waals surface area contributed by atoms with Gasteiger partial charge in [-0.3, -0.25) is 0 Å². The van der Waals surface area contributed by atoms with Crippen molar-refractivity contribution in [2.75, 3.05) is 0 Å². The Kier molecular flexibility index (Phi) is 1.96. The quantitative estimate of drug-likeness (QED) is 0.649. The van der Waals surface area contributed by atoms with Gasteiger partial charge in [-0.25, -0.2) is 19.9 Å². The summed E-state index contributed by atoms with van der Waals surface area (Å²) in [5.41, 5.74) is 1.88. The van der Waals surface area contributed by atoms with Gasteiger partial charge < -0.3 is 0 Å². The van der Waals surface area contributed by atoms with Crippen molar-refractivity contribution in [2.24, 2.45) is 0 Å². The minimum absolute atomic E-state index is 0.659. The van der Waals surface area contributed by atoms with Gasteiger partial charge in [-0.05, 0) is 12.5 Å². The van der Waals surface area contributed by atoms with E-state index in [-0.39, 0.29) is 0 Å². The van der Waals surface area contributed by atoms with E-state index in [4.69, 9.17) is 0 Å². The monoisotopic (exact) mass is 172 g/mol. The van der Waals surface area contributed by atoms with Gasteiger partial charge in [-0.2, -0.15) is 0 Å². The van der Waals surface area contributed by atoms with Crippen molar-refractivity contribution in [2.45, 2.75) is 6.92 Å². The zero-order valence-corrected chi connectivity index (χ0v) is 7.18. The first kappa shape index (κ1) is 7.79. The van der Waals surface area contributed by atoms with E-state index < -0.39 is 0 Å². The first-order valence-electron chi connectivity index (χ1n) is 3.90. The Hall–Kier alpha value is -1.84. The van der Waals surface area contributed by atoms with Crippen molar-refractivity contribution < 1.29 is 0 Å². The first-order valence-corrected chi connectivity index (χ1v) is 3.90. The number of hydrogen-bond donors (Lipinski definition) is 0. The minimum atomic E-state index is 0.659. The molecule has 2 aromatic rings. The maximum Gasteiger partial charge on any atom is 0.162 e. The molecule has 0 aromatic carbocycles. The second kappa shape index (κ2) is 3.26. The summed E-state index contributed by atoms with van der Waals surface area (Å²) in [5.74, 6) is 0.659. The lowest BCUT2D eigenvalue weighted by molar-refractivity contribution is 1.10. The number of aryl methyl sites for hydroxylation is 1. The molecule has 0 saturated heterocycles. The van der Waals surface area contributed by atoms with Crippen LogP contribution in [0.15, 0.2) is 31.1 Å². The second-order valence-corrected chi connectivity index (χ2v) is 2.71. The van der Waals surface area contributed by atoms with Crippen LogP contribution in [0.5, 0.6) is 0 Å². The van der Waals surface area contributed by atoms with Crippen LogP contribution in [0.1, 0.15) is 5.56 Å². The average molecular weight is 172 g/mol. The summed E-state index contributed by atoms with van der Waals surface area (Å²) in [6.07, 6.45) is 8.41. The highest BCUT2D eigenvalue weighted by atomic mass is 14.9. The van der Waals surface area contributed by atoms with Crippen LogP contribution >= 0.6 is 0 Å². The second-order valence-electron chi connectivity index (χ2n) is 2.71. The number of hydrogen-bond acceptors (Lipinski definition) is 4. The van der Waals surface area contributed by atoms with Gasteiger partial charge >= 0.3 is 0 Å². The molecular weight excluding hydrogens is 164 g/mol. The molecule has 0 unspecified atom stereocenters. The molecule has 0 N–H and O–H groups in total. The summed E-state index contributed by atoms with van der Waals surface area (Å²) in [6.45, 7) is 1.95. The molecule has 0 radical (unpaired) electrons. The van der Waals surface area contributed by atoms with Crippen molar-refractivity contribution in [1.82, 2.24) is 19.9 Å². The van der Waals surface area contributed by atoms with Crippen molar-refractivity contribution >= 4 is 0 Å². The normalized spacial score (nSPS) is 9.92. The fraction of sp³-hybridized carbons (Fsp3) is 0.111. The summed E-state index contributed by atoms with van der Waals surface area (Å²) >= 11 is 0. The van der Waals surface area contributed by atoms with Crippen molar-refractivity contribution in [3.8, 4) is 11.4 Å². The van der Waals surface area contributed by atoms with Gasteiger partial charge in [0.1, 0.15) is 6.33 Å². The molecule has 4 heteroatoms. The van der Waals surface area contributed by atoms with E-state index in [1.807, 2.05) is 6.92 Å². The highest BCUT2D eigenvalue weighted by Gasteiger charge is 1.98. The van der Waals surface area contributed by atoms with Crippen LogP contribution in [-0.4, -0.2) is 19.9 Å². The fourth-order valence-corrected chi connectivity index (χ4v) is 0.956. The molecule has 0 fully saturated rings. The molecular formula is C9H8N4. The standard InChI is InChI=1S/C9H8N4/c1-7-2-12-9(13-3-7)8-4-10-6-11-5-8/h2-6H,1H3. The maximum absolute atomic E-state index is 4.16. The van der Waals surface area contributed by atoms with Crippen LogP contribution in [0.25, 0.3) is 11.4 Å². The SMILES string of the molecule is Cc1cnc(-c2cncnc2)nc1. The molecule has 0 aliphatic rings. The number of rotatable bonds is 1. The molecule has 0 bridgehead atoms. The smallest absolute Gasteiger partial charge is 0.162 e. The molecule has 0 amide bonds. The average Bonchev–Trinajstić information content (AvgIpc) is 2.20. The van der Waals surface area contributed by atoms with Gasteiger partial charge in [0.2, 0.25) is 0 Å². The van der Waals surface area contributed by atoms with Crippen LogP contribution in [0, 0.1) is 6.92 Å². The van der Waals surface area contributed by atoms with Crippen molar-refractivity contribution in [3.05, 3.63) is 36.7 Å². The molecule has 0 aliphatic heterocycles. The van der Waals surface area contributed by atoms with E-state index in [0.717, 1.165) is 11.1 Å². The Bertz CT molecular complexity index is 382. The minimum Gasteiger partial charge on any atom is -0.244 e. The third-order valence-corrected chi connectivity index (χ3v) is 1.60. The Morgan fingerprint density at radius 2 is 1.54 bits per heavy atom. The highest BCUT2D eigenvalue weighted by molar-refractivity contribution is 5.50. The van der Waals surface area contributed by atoms with Gasteiger partial charge in [0.05, 0.1) is 5.56 Å². The van der Waals surface area contributed by atoms with E-state index in [9.17, 15) is 0 Å². The van der Waals surface area contributed by atoms with Crippen LogP contribution < -0.4 is 0 Å². The summed E-state index contributed by atoms with van der Waals surface area (Å²) in [5, 5.41) is 0. The van der Waals surface area contributed by atoms with Crippen LogP contribution in [0.2, 0.25) is 0 Å². The predicted octanol–water partition coefficient (Wildman–Crippen LogP) is 1.24. The van der Waals surface area contributed by atoms with E-state index in [1.54, 1.807) is 24.8 Å². The molecule has 64 valence electrons. The molecule has 4 nitrogen and oxygen atoms in total. The third kappa shape index (κ3) is 1.66. The van der Waals surface area contributed by atoms with E-state index in [1.165, 1.54) is 6.33 Å². The van der Waals surface area contributed by atoms with Crippen LogP contribution in [0.3, 0.4) is 0 Å². The third-order valence-electron chi connectivity index (χ3n) is 1.60. The lowest BCUT2D eigenvalue weighted by Gasteiger charge is -1.97. The molecule has 0 aliphatic carbocycles. The van der Waals surface area contributed by atoms with Gasteiger partial charge in [0.15, 0.2) is 5.82 Å². The molecule has 2 aromatic heterocycles. The first-order chi connectivity index (χ1) is 6.36. The van der Waals surface area contributed by atoms with Crippen LogP contribution in [-0.2, 0) is 0 Å². The van der Waals surface area contributed by atoms with E-state index in [2.05, 4.69) is 19.9 Å².